The SMILES string of the molecule is C=NN(CC)C(=C)N(C)CC. The molecular weight excluding hydrogens is 138 g/mol. The van der Waals surface area contributed by atoms with Gasteiger partial charge in [0, 0.05) is 26.9 Å². The van der Waals surface area contributed by atoms with Gasteiger partial charge in [-0.25, -0.2) is 0 Å². The van der Waals surface area contributed by atoms with Crippen molar-refractivity contribution in [2.24, 2.45) is 5.10 Å². The first kappa shape index (κ1) is 10.0. The van der Waals surface area contributed by atoms with Crippen LogP contribution in [-0.4, -0.2) is 36.8 Å². The van der Waals surface area contributed by atoms with E-state index in [4.69, 9.17) is 0 Å². The summed E-state index contributed by atoms with van der Waals surface area (Å²) in [5, 5.41) is 5.58. The Morgan fingerprint density at radius 2 is 1.91 bits per heavy atom. The highest BCUT2D eigenvalue weighted by Crippen LogP contribution is 2.04. The maximum atomic E-state index is 3.89. The Morgan fingerprint density at radius 3 is 2.18 bits per heavy atom. The molecule has 0 heterocycles. The lowest BCUT2D eigenvalue weighted by Gasteiger charge is -2.26. The number of hydrogen-bond acceptors (Lipinski definition) is 3. The predicted molar refractivity (Wildman–Crippen MR) is 49.4 cm³/mol. The van der Waals surface area contributed by atoms with E-state index in [1.54, 1.807) is 5.01 Å². The number of hydrazone groups is 1. The molecule has 0 aromatic rings. The second kappa shape index (κ2) is 4.77. The van der Waals surface area contributed by atoms with E-state index in [-0.39, 0.29) is 0 Å². The van der Waals surface area contributed by atoms with Crippen molar-refractivity contribution >= 4 is 6.72 Å². The third kappa shape index (κ3) is 2.62. The van der Waals surface area contributed by atoms with Crippen LogP contribution in [0.15, 0.2) is 17.5 Å². The maximum absolute atomic E-state index is 3.89. The molecule has 64 valence electrons. The largest absolute Gasteiger partial charge is 0.361 e. The van der Waals surface area contributed by atoms with E-state index in [9.17, 15) is 0 Å². The van der Waals surface area contributed by atoms with Gasteiger partial charge in [-0.05, 0) is 13.8 Å². The molecule has 0 bridgehead atoms. The van der Waals surface area contributed by atoms with Crippen molar-refractivity contribution < 1.29 is 0 Å². The molecule has 0 saturated carbocycles. The van der Waals surface area contributed by atoms with Crippen LogP contribution in [0.3, 0.4) is 0 Å². The summed E-state index contributed by atoms with van der Waals surface area (Å²) in [5.41, 5.74) is 0. The summed E-state index contributed by atoms with van der Waals surface area (Å²) in [7, 11) is 1.98. The third-order valence-electron chi connectivity index (χ3n) is 1.68. The Morgan fingerprint density at radius 1 is 1.36 bits per heavy atom. The number of rotatable bonds is 5. The number of hydrogen-bond donors (Lipinski definition) is 0. The minimum Gasteiger partial charge on any atom is -0.361 e. The normalized spacial score (nSPS) is 9.00. The van der Waals surface area contributed by atoms with E-state index in [1.165, 1.54) is 0 Å². The van der Waals surface area contributed by atoms with Crippen LogP contribution in [0.2, 0.25) is 0 Å². The Hall–Kier alpha value is -0.990. The van der Waals surface area contributed by atoms with Gasteiger partial charge in [-0.1, -0.05) is 6.58 Å². The first-order valence-corrected chi connectivity index (χ1v) is 3.81. The summed E-state index contributed by atoms with van der Waals surface area (Å²) in [5.74, 6) is 0.894. The fourth-order valence-corrected chi connectivity index (χ4v) is 0.744. The van der Waals surface area contributed by atoms with Crippen LogP contribution >= 0.6 is 0 Å². The minimum atomic E-state index is 0.812. The molecule has 11 heavy (non-hydrogen) atoms. The van der Waals surface area contributed by atoms with Crippen molar-refractivity contribution in [3.8, 4) is 0 Å². The molecule has 0 aliphatic rings. The second-order valence-corrected chi connectivity index (χ2v) is 2.29. The van der Waals surface area contributed by atoms with Crippen molar-refractivity contribution in [2.45, 2.75) is 13.8 Å². The quantitative estimate of drug-likeness (QED) is 0.441. The highest BCUT2D eigenvalue weighted by molar-refractivity contribution is 5.23. The highest BCUT2D eigenvalue weighted by atomic mass is 15.5. The van der Waals surface area contributed by atoms with Crippen molar-refractivity contribution in [3.05, 3.63) is 12.4 Å². The number of nitrogens with zero attached hydrogens (tertiary/aromatic N) is 3. The van der Waals surface area contributed by atoms with Crippen LogP contribution in [0.1, 0.15) is 13.8 Å². The monoisotopic (exact) mass is 155 g/mol. The molecule has 0 rings (SSSR count). The van der Waals surface area contributed by atoms with E-state index in [1.807, 2.05) is 18.9 Å². The molecule has 0 unspecified atom stereocenters. The third-order valence-corrected chi connectivity index (χ3v) is 1.68. The van der Waals surface area contributed by atoms with Gasteiger partial charge in [0.25, 0.3) is 0 Å². The summed E-state index contributed by atoms with van der Waals surface area (Å²) < 4.78 is 0. The molecule has 0 N–H and O–H groups in total. The molecule has 0 aromatic heterocycles. The van der Waals surface area contributed by atoms with E-state index in [2.05, 4.69) is 25.3 Å². The summed E-state index contributed by atoms with van der Waals surface area (Å²) in [6.07, 6.45) is 0. The maximum Gasteiger partial charge on any atom is 0.117 e. The fraction of sp³-hybridized carbons (Fsp3) is 0.625. The van der Waals surface area contributed by atoms with Gasteiger partial charge in [0.1, 0.15) is 5.82 Å². The first-order chi connectivity index (χ1) is 5.17. The zero-order valence-electron chi connectivity index (χ0n) is 7.67. The van der Waals surface area contributed by atoms with Gasteiger partial charge in [-0.3, -0.25) is 5.01 Å². The average Bonchev–Trinajstić information content (AvgIpc) is 2.05. The Bertz CT molecular complexity index is 142. The molecule has 0 radical (unpaired) electrons. The van der Waals surface area contributed by atoms with Crippen LogP contribution in [-0.2, 0) is 0 Å². The summed E-state index contributed by atoms with van der Waals surface area (Å²) in [6.45, 7) is 13.2. The van der Waals surface area contributed by atoms with Gasteiger partial charge < -0.3 is 4.90 Å². The lowest BCUT2D eigenvalue weighted by atomic mass is 10.5. The van der Waals surface area contributed by atoms with Crippen LogP contribution in [0, 0.1) is 0 Å². The molecular formula is C8H17N3. The van der Waals surface area contributed by atoms with E-state index in [0.717, 1.165) is 18.9 Å². The zero-order chi connectivity index (χ0) is 8.85. The average molecular weight is 155 g/mol. The van der Waals surface area contributed by atoms with Crippen LogP contribution in [0.4, 0.5) is 0 Å². The van der Waals surface area contributed by atoms with Crippen molar-refractivity contribution in [1.29, 1.82) is 0 Å². The second-order valence-electron chi connectivity index (χ2n) is 2.29. The zero-order valence-corrected chi connectivity index (χ0v) is 7.67. The van der Waals surface area contributed by atoms with Crippen molar-refractivity contribution in [2.75, 3.05) is 20.1 Å². The van der Waals surface area contributed by atoms with E-state index in [0.29, 0.717) is 0 Å². The Balaban J connectivity index is 4.08. The summed E-state index contributed by atoms with van der Waals surface area (Å²) in [6, 6.07) is 0. The molecule has 0 amide bonds. The standard InChI is InChI=1S/C8H17N3/c1-6-10(5)8(3)11(7-2)9-4/h3-4,6-7H2,1-2,5H3. The minimum absolute atomic E-state index is 0.812. The Labute approximate surface area is 69.0 Å². The smallest absolute Gasteiger partial charge is 0.117 e. The topological polar surface area (TPSA) is 18.8 Å². The van der Waals surface area contributed by atoms with Gasteiger partial charge in [-0.15, -0.1) is 0 Å². The van der Waals surface area contributed by atoms with E-state index >= 15 is 0 Å². The molecule has 0 saturated heterocycles. The Kier molecular flexibility index (Phi) is 4.34. The van der Waals surface area contributed by atoms with E-state index < -0.39 is 0 Å². The molecule has 0 atom stereocenters. The molecule has 0 fully saturated rings. The summed E-state index contributed by atoms with van der Waals surface area (Å²) in [4.78, 5) is 2.03. The van der Waals surface area contributed by atoms with Gasteiger partial charge in [-0.2, -0.15) is 5.10 Å². The van der Waals surface area contributed by atoms with Gasteiger partial charge in [0.05, 0.1) is 0 Å². The molecule has 3 heteroatoms. The molecule has 3 nitrogen and oxygen atoms in total. The first-order valence-electron chi connectivity index (χ1n) is 3.81. The van der Waals surface area contributed by atoms with Crippen molar-refractivity contribution in [3.63, 3.8) is 0 Å². The lowest BCUT2D eigenvalue weighted by molar-refractivity contribution is 0.261. The molecule has 0 aromatic carbocycles. The molecule has 0 aliphatic heterocycles. The van der Waals surface area contributed by atoms with Crippen molar-refractivity contribution in [1.82, 2.24) is 9.91 Å². The fourth-order valence-electron chi connectivity index (χ4n) is 0.744. The van der Waals surface area contributed by atoms with Crippen LogP contribution < -0.4 is 0 Å². The predicted octanol–water partition coefficient (Wildman–Crippen LogP) is 1.35. The van der Waals surface area contributed by atoms with Gasteiger partial charge in [0.2, 0.25) is 0 Å². The van der Waals surface area contributed by atoms with Gasteiger partial charge >= 0.3 is 0 Å². The lowest BCUT2D eigenvalue weighted by Crippen LogP contribution is -2.28. The summed E-state index contributed by atoms with van der Waals surface area (Å²) >= 11 is 0. The van der Waals surface area contributed by atoms with Gasteiger partial charge in [0.15, 0.2) is 0 Å². The van der Waals surface area contributed by atoms with Crippen LogP contribution in [0.5, 0.6) is 0 Å². The molecule has 0 spiro atoms. The van der Waals surface area contributed by atoms with Crippen LogP contribution in [0.25, 0.3) is 0 Å². The molecule has 0 aliphatic carbocycles. The highest BCUT2D eigenvalue weighted by Gasteiger charge is 2.04.